The fourth-order valence-corrected chi connectivity index (χ4v) is 1.93. The highest BCUT2D eigenvalue weighted by Gasteiger charge is 2.29. The largest absolute Gasteiger partial charge is 0.344 e. The van der Waals surface area contributed by atoms with E-state index in [9.17, 15) is 0 Å². The van der Waals surface area contributed by atoms with Gasteiger partial charge in [0.1, 0.15) is 11.7 Å². The molecule has 2 aliphatic heterocycles. The van der Waals surface area contributed by atoms with E-state index in [0.29, 0.717) is 12.4 Å². The summed E-state index contributed by atoms with van der Waals surface area (Å²) in [4.78, 5) is 6.36. The summed E-state index contributed by atoms with van der Waals surface area (Å²) in [6, 6.07) is 8.27. The lowest BCUT2D eigenvalue weighted by Crippen LogP contribution is -2.21. The van der Waals surface area contributed by atoms with E-state index in [4.69, 9.17) is 5.41 Å². The molecule has 0 aromatic heterocycles. The zero-order chi connectivity index (χ0) is 8.84. The Hall–Kier alpha value is -1.64. The molecule has 1 aromatic rings. The molecule has 0 saturated heterocycles. The third kappa shape index (κ3) is 0.840. The van der Waals surface area contributed by atoms with E-state index < -0.39 is 0 Å². The number of nitrogens with one attached hydrogen (secondary N) is 1. The maximum Gasteiger partial charge on any atom is 0.142 e. The molecule has 0 fully saturated rings. The molecule has 0 atom stereocenters. The van der Waals surface area contributed by atoms with E-state index in [1.54, 1.807) is 0 Å². The number of hydrogen-bond acceptors (Lipinski definition) is 2. The van der Waals surface area contributed by atoms with Crippen LogP contribution in [0, 0.1) is 5.41 Å². The molecule has 0 unspecified atom stereocenters. The van der Waals surface area contributed by atoms with Crippen LogP contribution in [-0.4, -0.2) is 23.1 Å². The molecule has 3 rings (SSSR count). The van der Waals surface area contributed by atoms with Crippen molar-refractivity contribution < 1.29 is 0 Å². The summed E-state index contributed by atoms with van der Waals surface area (Å²) in [6.07, 6.45) is 0. The molecule has 3 nitrogen and oxygen atoms in total. The second-order valence-electron chi connectivity index (χ2n) is 3.40. The average Bonchev–Trinajstić information content (AvgIpc) is 2.60. The van der Waals surface area contributed by atoms with Crippen LogP contribution in [-0.2, 0) is 6.54 Å². The first-order valence-corrected chi connectivity index (χ1v) is 4.34. The summed E-state index contributed by atoms with van der Waals surface area (Å²) in [7, 11) is 0. The molecule has 0 saturated carbocycles. The molecule has 1 N–H and O–H groups in total. The van der Waals surface area contributed by atoms with Crippen molar-refractivity contribution in [3.63, 3.8) is 0 Å². The van der Waals surface area contributed by atoms with E-state index in [1.807, 2.05) is 12.1 Å². The Morgan fingerprint density at radius 2 is 2.08 bits per heavy atom. The first-order valence-electron chi connectivity index (χ1n) is 4.34. The molecule has 64 valence electrons. The average molecular weight is 171 g/mol. The molecule has 0 radical (unpaired) electrons. The monoisotopic (exact) mass is 171 g/mol. The Morgan fingerprint density at radius 3 is 3.00 bits per heavy atom. The van der Waals surface area contributed by atoms with Gasteiger partial charge in [-0.25, -0.2) is 4.99 Å². The maximum atomic E-state index is 7.46. The maximum absolute atomic E-state index is 7.46. The highest BCUT2D eigenvalue weighted by atomic mass is 15.3. The number of nitrogens with zero attached hydrogens (tertiary/aromatic N) is 2. The normalized spacial score (nSPS) is 18.6. The number of amidine groups is 2. The zero-order valence-electron chi connectivity index (χ0n) is 7.12. The second kappa shape index (κ2) is 2.19. The summed E-state index contributed by atoms with van der Waals surface area (Å²) in [5, 5.41) is 7.46. The quantitative estimate of drug-likeness (QED) is 0.626. The molecule has 0 aliphatic carbocycles. The standard InChI is InChI=1S/C10H9N3/c11-9-6-13-5-7-3-1-2-4-8(7)10(13)12-9/h1-4,11H,5-6H2. The Morgan fingerprint density at radius 1 is 1.23 bits per heavy atom. The van der Waals surface area contributed by atoms with Gasteiger partial charge in [-0.3, -0.25) is 5.41 Å². The topological polar surface area (TPSA) is 39.5 Å². The summed E-state index contributed by atoms with van der Waals surface area (Å²) in [6.45, 7) is 1.58. The first kappa shape index (κ1) is 6.83. The molecule has 13 heavy (non-hydrogen) atoms. The van der Waals surface area contributed by atoms with Crippen LogP contribution in [0.3, 0.4) is 0 Å². The minimum atomic E-state index is 0.476. The van der Waals surface area contributed by atoms with E-state index in [-0.39, 0.29) is 0 Å². The lowest BCUT2D eigenvalue weighted by atomic mass is 10.1. The van der Waals surface area contributed by atoms with Crippen LogP contribution in [0.25, 0.3) is 0 Å². The van der Waals surface area contributed by atoms with Gasteiger partial charge in [-0.15, -0.1) is 0 Å². The van der Waals surface area contributed by atoms with Gasteiger partial charge in [0, 0.05) is 12.1 Å². The van der Waals surface area contributed by atoms with Crippen LogP contribution in [0.4, 0.5) is 0 Å². The highest BCUT2D eigenvalue weighted by Crippen LogP contribution is 2.25. The van der Waals surface area contributed by atoms with Crippen molar-refractivity contribution in [3.8, 4) is 0 Å². The molecule has 0 spiro atoms. The van der Waals surface area contributed by atoms with Crippen LogP contribution >= 0.6 is 0 Å². The van der Waals surface area contributed by atoms with Crippen molar-refractivity contribution in [3.05, 3.63) is 35.4 Å². The number of benzene rings is 1. The molecular weight excluding hydrogens is 162 g/mol. The summed E-state index contributed by atoms with van der Waals surface area (Å²) in [5.74, 6) is 1.46. The third-order valence-corrected chi connectivity index (χ3v) is 2.50. The van der Waals surface area contributed by atoms with Gasteiger partial charge in [0.2, 0.25) is 0 Å². The van der Waals surface area contributed by atoms with Gasteiger partial charge in [0.15, 0.2) is 0 Å². The predicted molar refractivity (Wildman–Crippen MR) is 51.1 cm³/mol. The molecule has 2 heterocycles. The van der Waals surface area contributed by atoms with E-state index >= 15 is 0 Å². The van der Waals surface area contributed by atoms with Crippen molar-refractivity contribution in [1.82, 2.24) is 4.90 Å². The fraction of sp³-hybridized carbons (Fsp3) is 0.200. The molecule has 1 aromatic carbocycles. The highest BCUT2D eigenvalue weighted by molar-refractivity contribution is 6.13. The van der Waals surface area contributed by atoms with Crippen molar-refractivity contribution in [2.45, 2.75) is 6.54 Å². The number of rotatable bonds is 0. The molecule has 2 aliphatic rings. The van der Waals surface area contributed by atoms with E-state index in [0.717, 1.165) is 12.4 Å². The number of aliphatic imine (C=N–C) groups is 1. The van der Waals surface area contributed by atoms with Crippen LogP contribution in [0.5, 0.6) is 0 Å². The van der Waals surface area contributed by atoms with Gasteiger partial charge in [0.25, 0.3) is 0 Å². The SMILES string of the molecule is N=C1CN2Cc3ccccc3C2=N1. The van der Waals surface area contributed by atoms with Crippen molar-refractivity contribution in [2.24, 2.45) is 4.99 Å². The molecule has 3 heteroatoms. The Kier molecular flexibility index (Phi) is 1.15. The summed E-state index contributed by atoms with van der Waals surface area (Å²) < 4.78 is 0. The molecular formula is C10H9N3. The van der Waals surface area contributed by atoms with E-state index in [2.05, 4.69) is 22.0 Å². The summed E-state index contributed by atoms with van der Waals surface area (Å²) >= 11 is 0. The Balaban J connectivity index is 2.19. The smallest absolute Gasteiger partial charge is 0.142 e. The number of hydrogen-bond donors (Lipinski definition) is 1. The first-order chi connectivity index (χ1) is 6.34. The molecule has 0 bridgehead atoms. The lowest BCUT2D eigenvalue weighted by Gasteiger charge is -2.08. The second-order valence-corrected chi connectivity index (χ2v) is 3.40. The van der Waals surface area contributed by atoms with Gasteiger partial charge in [-0.1, -0.05) is 24.3 Å². The van der Waals surface area contributed by atoms with Gasteiger partial charge in [0.05, 0.1) is 6.54 Å². The lowest BCUT2D eigenvalue weighted by molar-refractivity contribution is 0.502. The Labute approximate surface area is 76.2 Å². The fourth-order valence-electron chi connectivity index (χ4n) is 1.93. The third-order valence-electron chi connectivity index (χ3n) is 2.50. The van der Waals surface area contributed by atoms with Crippen LogP contribution in [0.1, 0.15) is 11.1 Å². The van der Waals surface area contributed by atoms with Crippen molar-refractivity contribution in [2.75, 3.05) is 6.54 Å². The Bertz CT molecular complexity index is 420. The number of fused-ring (bicyclic) bond motifs is 3. The van der Waals surface area contributed by atoms with Gasteiger partial charge >= 0.3 is 0 Å². The van der Waals surface area contributed by atoms with Gasteiger partial charge < -0.3 is 4.90 Å². The van der Waals surface area contributed by atoms with Gasteiger partial charge in [-0.2, -0.15) is 0 Å². The van der Waals surface area contributed by atoms with Gasteiger partial charge in [-0.05, 0) is 5.56 Å². The van der Waals surface area contributed by atoms with Crippen molar-refractivity contribution >= 4 is 11.7 Å². The van der Waals surface area contributed by atoms with E-state index in [1.165, 1.54) is 11.1 Å². The zero-order valence-corrected chi connectivity index (χ0v) is 7.12. The van der Waals surface area contributed by atoms with Crippen LogP contribution in [0.2, 0.25) is 0 Å². The summed E-state index contributed by atoms with van der Waals surface area (Å²) in [5.41, 5.74) is 2.53. The van der Waals surface area contributed by atoms with Crippen LogP contribution < -0.4 is 0 Å². The van der Waals surface area contributed by atoms with Crippen LogP contribution in [0.15, 0.2) is 29.3 Å². The predicted octanol–water partition coefficient (Wildman–Crippen LogP) is 1.24. The minimum absolute atomic E-state index is 0.476. The minimum Gasteiger partial charge on any atom is -0.344 e. The van der Waals surface area contributed by atoms with Crippen molar-refractivity contribution in [1.29, 1.82) is 5.41 Å². The molecule has 0 amide bonds.